The van der Waals surface area contributed by atoms with Crippen LogP contribution in [0.25, 0.3) is 10.9 Å². The number of hydrogen-bond donors (Lipinski definition) is 3. The van der Waals surface area contributed by atoms with Crippen molar-refractivity contribution in [2.45, 2.75) is 32.6 Å². The maximum Gasteiger partial charge on any atom is 0.311 e. The molecule has 1 aromatic carbocycles. The number of rotatable bonds is 6. The third kappa shape index (κ3) is 3.69. The van der Waals surface area contributed by atoms with Crippen LogP contribution < -0.4 is 5.32 Å². The van der Waals surface area contributed by atoms with E-state index in [1.54, 1.807) is 0 Å². The molecule has 6 heteroatoms. The number of carbonyl (C=O) groups is 2. The van der Waals surface area contributed by atoms with Gasteiger partial charge in [-0.3, -0.25) is 9.59 Å². The minimum absolute atomic E-state index is 0.117. The van der Waals surface area contributed by atoms with Gasteiger partial charge < -0.3 is 20.1 Å². The second-order valence-corrected chi connectivity index (χ2v) is 6.79. The molecule has 0 spiro atoms. The Labute approximate surface area is 146 Å². The van der Waals surface area contributed by atoms with E-state index in [2.05, 4.69) is 23.3 Å². The zero-order chi connectivity index (χ0) is 17.9. The van der Waals surface area contributed by atoms with Crippen molar-refractivity contribution in [2.24, 2.45) is 5.41 Å². The first-order valence-electron chi connectivity index (χ1n) is 8.65. The van der Waals surface area contributed by atoms with E-state index in [0.717, 1.165) is 16.5 Å². The van der Waals surface area contributed by atoms with Gasteiger partial charge in [-0.05, 0) is 37.3 Å². The first-order chi connectivity index (χ1) is 12.0. The van der Waals surface area contributed by atoms with Gasteiger partial charge in [0.05, 0.1) is 5.41 Å². The van der Waals surface area contributed by atoms with Gasteiger partial charge in [0.15, 0.2) is 0 Å². The van der Waals surface area contributed by atoms with Crippen molar-refractivity contribution >= 4 is 22.8 Å². The Bertz CT molecular complexity index is 775. The topological polar surface area (TPSA) is 91.4 Å². The van der Waals surface area contributed by atoms with Gasteiger partial charge in [0.2, 0.25) is 5.91 Å². The lowest BCUT2D eigenvalue weighted by Gasteiger charge is -2.33. The lowest BCUT2D eigenvalue weighted by atomic mass is 9.80. The average molecular weight is 344 g/mol. The Morgan fingerprint density at radius 2 is 2.08 bits per heavy atom. The van der Waals surface area contributed by atoms with Crippen LogP contribution in [0, 0.1) is 12.3 Å². The van der Waals surface area contributed by atoms with Crippen LogP contribution in [0.2, 0.25) is 0 Å². The van der Waals surface area contributed by atoms with Gasteiger partial charge in [0.25, 0.3) is 0 Å². The second-order valence-electron chi connectivity index (χ2n) is 6.79. The molecule has 1 fully saturated rings. The number of H-pyrrole nitrogens is 1. The monoisotopic (exact) mass is 344 g/mol. The molecule has 134 valence electrons. The van der Waals surface area contributed by atoms with Gasteiger partial charge >= 0.3 is 5.97 Å². The first kappa shape index (κ1) is 17.5. The summed E-state index contributed by atoms with van der Waals surface area (Å²) < 4.78 is 5.25. The van der Waals surface area contributed by atoms with Crippen molar-refractivity contribution in [3.8, 4) is 0 Å². The van der Waals surface area contributed by atoms with E-state index >= 15 is 0 Å². The van der Waals surface area contributed by atoms with E-state index in [1.807, 2.05) is 18.3 Å². The average Bonchev–Trinajstić information content (AvgIpc) is 3.03. The molecule has 1 aromatic heterocycles. The van der Waals surface area contributed by atoms with E-state index in [0.29, 0.717) is 38.9 Å². The third-order valence-corrected chi connectivity index (χ3v) is 5.16. The highest BCUT2D eigenvalue weighted by Gasteiger charge is 2.40. The molecule has 0 atom stereocenters. The summed E-state index contributed by atoms with van der Waals surface area (Å²) in [5.74, 6) is -0.975. The third-order valence-electron chi connectivity index (χ3n) is 5.16. The fourth-order valence-electron chi connectivity index (χ4n) is 3.40. The summed E-state index contributed by atoms with van der Waals surface area (Å²) in [5.41, 5.74) is 2.49. The van der Waals surface area contributed by atoms with E-state index in [9.17, 15) is 14.7 Å². The summed E-state index contributed by atoms with van der Waals surface area (Å²) in [5, 5.41) is 13.5. The number of aliphatic carboxylic acids is 1. The lowest BCUT2D eigenvalue weighted by Crippen LogP contribution is -2.46. The standard InChI is InChI=1S/C19H24N2O4/c1-13-3-2-4-15-14(11-20-17(13)15)5-6-16(22)21-12-19(18(23)24)7-9-25-10-8-19/h2-4,11,20H,5-10,12H2,1H3,(H,21,22)(H,23,24). The zero-order valence-corrected chi connectivity index (χ0v) is 14.4. The smallest absolute Gasteiger partial charge is 0.311 e. The number of carboxylic acid groups (broad SMARTS) is 1. The van der Waals surface area contributed by atoms with Crippen LogP contribution >= 0.6 is 0 Å². The van der Waals surface area contributed by atoms with Crippen LogP contribution in [0.3, 0.4) is 0 Å². The molecule has 0 bridgehead atoms. The van der Waals surface area contributed by atoms with Crippen LogP contribution in [0.4, 0.5) is 0 Å². The summed E-state index contributed by atoms with van der Waals surface area (Å²) in [7, 11) is 0. The van der Waals surface area contributed by atoms with E-state index < -0.39 is 11.4 Å². The summed E-state index contributed by atoms with van der Waals surface area (Å²) in [6, 6.07) is 6.11. The number of aryl methyl sites for hydroxylation is 2. The Morgan fingerprint density at radius 1 is 1.32 bits per heavy atom. The number of ether oxygens (including phenoxy) is 1. The maximum atomic E-state index is 12.2. The Kier molecular flexibility index (Phi) is 5.08. The van der Waals surface area contributed by atoms with Crippen LogP contribution in [0.1, 0.15) is 30.4 Å². The molecular weight excluding hydrogens is 320 g/mol. The van der Waals surface area contributed by atoms with Gasteiger partial charge in [-0.15, -0.1) is 0 Å². The summed E-state index contributed by atoms with van der Waals surface area (Å²) in [6.07, 6.45) is 3.78. The van der Waals surface area contributed by atoms with Gasteiger partial charge in [-0.25, -0.2) is 0 Å². The molecule has 25 heavy (non-hydrogen) atoms. The number of para-hydroxylation sites is 1. The molecule has 0 radical (unpaired) electrons. The summed E-state index contributed by atoms with van der Waals surface area (Å²) in [6.45, 7) is 3.07. The molecule has 6 nitrogen and oxygen atoms in total. The minimum atomic E-state index is -0.897. The number of hydrogen-bond acceptors (Lipinski definition) is 3. The molecular formula is C19H24N2O4. The number of carboxylic acids is 1. The quantitative estimate of drug-likeness (QED) is 0.750. The Morgan fingerprint density at radius 3 is 2.80 bits per heavy atom. The van der Waals surface area contributed by atoms with Crippen molar-refractivity contribution in [3.05, 3.63) is 35.5 Å². The maximum absolute atomic E-state index is 12.2. The molecule has 2 aromatic rings. The number of amides is 1. The Hall–Kier alpha value is -2.34. The predicted molar refractivity (Wildman–Crippen MR) is 94.5 cm³/mol. The normalized spacial score (nSPS) is 16.7. The first-order valence-corrected chi connectivity index (χ1v) is 8.65. The molecule has 0 saturated carbocycles. The van der Waals surface area contributed by atoms with Crippen LogP contribution in [-0.2, 0) is 20.7 Å². The number of nitrogens with one attached hydrogen (secondary N) is 2. The predicted octanol–water partition coefficient (Wildman–Crippen LogP) is 2.41. The molecule has 3 rings (SSSR count). The number of aromatic amines is 1. The molecule has 0 aliphatic carbocycles. The fraction of sp³-hybridized carbons (Fsp3) is 0.474. The zero-order valence-electron chi connectivity index (χ0n) is 14.4. The lowest BCUT2D eigenvalue weighted by molar-refractivity contribution is -0.154. The highest BCUT2D eigenvalue weighted by atomic mass is 16.5. The van der Waals surface area contributed by atoms with Crippen molar-refractivity contribution in [1.82, 2.24) is 10.3 Å². The van der Waals surface area contributed by atoms with Crippen LogP contribution in [0.15, 0.2) is 24.4 Å². The molecule has 0 unspecified atom stereocenters. The van der Waals surface area contributed by atoms with Gasteiger partial charge in [-0.1, -0.05) is 18.2 Å². The molecule has 1 aliphatic heterocycles. The minimum Gasteiger partial charge on any atom is -0.481 e. The van der Waals surface area contributed by atoms with Crippen LogP contribution in [-0.4, -0.2) is 41.7 Å². The summed E-state index contributed by atoms with van der Waals surface area (Å²) in [4.78, 5) is 27.1. The van der Waals surface area contributed by atoms with Gasteiger partial charge in [-0.2, -0.15) is 0 Å². The number of carbonyl (C=O) groups excluding carboxylic acids is 1. The van der Waals surface area contributed by atoms with Crippen molar-refractivity contribution in [2.75, 3.05) is 19.8 Å². The molecule has 1 amide bonds. The highest BCUT2D eigenvalue weighted by Crippen LogP contribution is 2.30. The fourth-order valence-corrected chi connectivity index (χ4v) is 3.40. The number of aromatic nitrogens is 1. The van der Waals surface area contributed by atoms with E-state index in [-0.39, 0.29) is 12.5 Å². The van der Waals surface area contributed by atoms with Gasteiger partial charge in [0, 0.05) is 43.3 Å². The number of fused-ring (bicyclic) bond motifs is 1. The number of benzene rings is 1. The summed E-state index contributed by atoms with van der Waals surface area (Å²) >= 11 is 0. The Balaban J connectivity index is 1.57. The molecule has 2 heterocycles. The molecule has 1 saturated heterocycles. The van der Waals surface area contributed by atoms with E-state index in [1.165, 1.54) is 5.56 Å². The second kappa shape index (κ2) is 7.27. The molecule has 1 aliphatic rings. The van der Waals surface area contributed by atoms with Crippen molar-refractivity contribution in [3.63, 3.8) is 0 Å². The van der Waals surface area contributed by atoms with Crippen molar-refractivity contribution < 1.29 is 19.4 Å². The van der Waals surface area contributed by atoms with Gasteiger partial charge in [0.1, 0.15) is 0 Å². The highest BCUT2D eigenvalue weighted by molar-refractivity contribution is 5.86. The van der Waals surface area contributed by atoms with E-state index in [4.69, 9.17) is 4.74 Å². The molecule has 3 N–H and O–H groups in total. The largest absolute Gasteiger partial charge is 0.481 e. The SMILES string of the molecule is Cc1cccc2c(CCC(=O)NCC3(C(=O)O)CCOCC3)c[nH]c12. The van der Waals surface area contributed by atoms with Crippen molar-refractivity contribution in [1.29, 1.82) is 0 Å². The van der Waals surface area contributed by atoms with Crippen LogP contribution in [0.5, 0.6) is 0 Å².